The molecule has 104 valence electrons. The molecular formula is C14H32N2O. The van der Waals surface area contributed by atoms with Gasteiger partial charge in [0.15, 0.2) is 0 Å². The van der Waals surface area contributed by atoms with Crippen LogP contribution in [0.3, 0.4) is 0 Å². The molecule has 0 amide bonds. The minimum Gasteiger partial charge on any atom is -0.383 e. The van der Waals surface area contributed by atoms with Gasteiger partial charge in [-0.25, -0.2) is 0 Å². The molecule has 0 fully saturated rings. The molecule has 0 aromatic heterocycles. The summed E-state index contributed by atoms with van der Waals surface area (Å²) in [7, 11) is 1.78. The lowest BCUT2D eigenvalue weighted by atomic mass is 10.1. The highest BCUT2D eigenvalue weighted by molar-refractivity contribution is 4.70. The SMILES string of the molecule is CCCCNCCN(CCOC)C(CC)CC. The number of rotatable bonds is 12. The molecule has 0 heterocycles. The Morgan fingerprint density at radius 3 is 2.29 bits per heavy atom. The standard InChI is InChI=1S/C14H32N2O/c1-5-8-9-15-10-11-16(12-13-17-4)14(6-2)7-3/h14-15H,5-13H2,1-4H3. The highest BCUT2D eigenvalue weighted by atomic mass is 16.5. The topological polar surface area (TPSA) is 24.5 Å². The van der Waals surface area contributed by atoms with Gasteiger partial charge in [0, 0.05) is 32.8 Å². The summed E-state index contributed by atoms with van der Waals surface area (Å²) in [5, 5.41) is 3.51. The van der Waals surface area contributed by atoms with Crippen molar-refractivity contribution < 1.29 is 4.74 Å². The zero-order chi connectivity index (χ0) is 12.9. The first-order valence-corrected chi connectivity index (χ1v) is 7.23. The molecule has 0 aromatic rings. The lowest BCUT2D eigenvalue weighted by Crippen LogP contribution is -2.41. The van der Waals surface area contributed by atoms with E-state index in [2.05, 4.69) is 31.0 Å². The maximum atomic E-state index is 5.19. The molecule has 3 nitrogen and oxygen atoms in total. The van der Waals surface area contributed by atoms with Crippen LogP contribution < -0.4 is 5.32 Å². The van der Waals surface area contributed by atoms with E-state index < -0.39 is 0 Å². The van der Waals surface area contributed by atoms with E-state index in [1.165, 1.54) is 25.7 Å². The molecule has 0 atom stereocenters. The van der Waals surface area contributed by atoms with Crippen LogP contribution in [-0.4, -0.2) is 50.8 Å². The smallest absolute Gasteiger partial charge is 0.0589 e. The van der Waals surface area contributed by atoms with E-state index in [-0.39, 0.29) is 0 Å². The third kappa shape index (κ3) is 8.58. The van der Waals surface area contributed by atoms with E-state index in [4.69, 9.17) is 4.74 Å². The first-order chi connectivity index (χ1) is 8.29. The quantitative estimate of drug-likeness (QED) is 0.534. The van der Waals surface area contributed by atoms with Crippen LogP contribution in [0.5, 0.6) is 0 Å². The Bertz CT molecular complexity index is 149. The number of hydrogen-bond acceptors (Lipinski definition) is 3. The molecule has 0 unspecified atom stereocenters. The van der Waals surface area contributed by atoms with Crippen LogP contribution in [0.15, 0.2) is 0 Å². The van der Waals surface area contributed by atoms with E-state index in [0.29, 0.717) is 6.04 Å². The molecule has 0 rings (SSSR count). The van der Waals surface area contributed by atoms with Crippen LogP contribution in [0, 0.1) is 0 Å². The maximum Gasteiger partial charge on any atom is 0.0589 e. The molecule has 0 aromatic carbocycles. The van der Waals surface area contributed by atoms with Gasteiger partial charge in [-0.05, 0) is 25.8 Å². The zero-order valence-electron chi connectivity index (χ0n) is 12.3. The molecule has 3 heteroatoms. The van der Waals surface area contributed by atoms with Gasteiger partial charge in [-0.3, -0.25) is 4.90 Å². The van der Waals surface area contributed by atoms with E-state index in [0.717, 1.165) is 32.8 Å². The minimum atomic E-state index is 0.707. The molecule has 0 aliphatic heterocycles. The normalized spacial score (nSPS) is 11.6. The number of unbranched alkanes of at least 4 members (excludes halogenated alkanes) is 1. The van der Waals surface area contributed by atoms with Gasteiger partial charge in [-0.15, -0.1) is 0 Å². The lowest BCUT2D eigenvalue weighted by Gasteiger charge is -2.30. The van der Waals surface area contributed by atoms with E-state index >= 15 is 0 Å². The summed E-state index contributed by atoms with van der Waals surface area (Å²) in [6.45, 7) is 12.1. The average Bonchev–Trinajstić information content (AvgIpc) is 2.36. The Morgan fingerprint density at radius 2 is 1.76 bits per heavy atom. The van der Waals surface area contributed by atoms with Gasteiger partial charge in [0.25, 0.3) is 0 Å². The van der Waals surface area contributed by atoms with Crippen molar-refractivity contribution in [1.82, 2.24) is 10.2 Å². The molecule has 0 aliphatic rings. The summed E-state index contributed by atoms with van der Waals surface area (Å²) in [5.41, 5.74) is 0. The first-order valence-electron chi connectivity index (χ1n) is 7.23. The number of ether oxygens (including phenoxy) is 1. The molecule has 17 heavy (non-hydrogen) atoms. The zero-order valence-corrected chi connectivity index (χ0v) is 12.3. The predicted octanol–water partition coefficient (Wildman–Crippen LogP) is 2.51. The first kappa shape index (κ1) is 16.9. The number of hydrogen-bond donors (Lipinski definition) is 1. The van der Waals surface area contributed by atoms with Gasteiger partial charge >= 0.3 is 0 Å². The molecule has 1 N–H and O–H groups in total. The number of methoxy groups -OCH3 is 1. The van der Waals surface area contributed by atoms with Crippen LogP contribution in [0.4, 0.5) is 0 Å². The van der Waals surface area contributed by atoms with Crippen LogP contribution in [-0.2, 0) is 4.74 Å². The number of nitrogens with zero attached hydrogens (tertiary/aromatic N) is 1. The highest BCUT2D eigenvalue weighted by Gasteiger charge is 2.13. The largest absolute Gasteiger partial charge is 0.383 e. The third-order valence-electron chi connectivity index (χ3n) is 3.32. The molecule has 0 aliphatic carbocycles. The van der Waals surface area contributed by atoms with Crippen molar-refractivity contribution in [2.75, 3.05) is 39.9 Å². The van der Waals surface area contributed by atoms with Crippen molar-refractivity contribution in [3.05, 3.63) is 0 Å². The summed E-state index contributed by atoms with van der Waals surface area (Å²) in [4.78, 5) is 2.56. The molecule has 0 saturated heterocycles. The van der Waals surface area contributed by atoms with Crippen LogP contribution in [0.2, 0.25) is 0 Å². The van der Waals surface area contributed by atoms with Crippen molar-refractivity contribution in [2.24, 2.45) is 0 Å². The Labute approximate surface area is 108 Å². The van der Waals surface area contributed by atoms with Gasteiger partial charge in [-0.1, -0.05) is 27.2 Å². The summed E-state index contributed by atoms with van der Waals surface area (Å²) in [6, 6.07) is 0.707. The van der Waals surface area contributed by atoms with Crippen molar-refractivity contribution >= 4 is 0 Å². The average molecular weight is 244 g/mol. The fourth-order valence-corrected chi connectivity index (χ4v) is 2.14. The summed E-state index contributed by atoms with van der Waals surface area (Å²) in [5.74, 6) is 0. The lowest BCUT2D eigenvalue weighted by molar-refractivity contribution is 0.116. The van der Waals surface area contributed by atoms with Gasteiger partial charge in [-0.2, -0.15) is 0 Å². The van der Waals surface area contributed by atoms with Gasteiger partial charge < -0.3 is 10.1 Å². The summed E-state index contributed by atoms with van der Waals surface area (Å²) >= 11 is 0. The van der Waals surface area contributed by atoms with Crippen molar-refractivity contribution in [1.29, 1.82) is 0 Å². The highest BCUT2D eigenvalue weighted by Crippen LogP contribution is 2.07. The van der Waals surface area contributed by atoms with Crippen molar-refractivity contribution in [3.63, 3.8) is 0 Å². The molecule has 0 saturated carbocycles. The Kier molecular flexibility index (Phi) is 12.3. The molecule has 0 bridgehead atoms. The van der Waals surface area contributed by atoms with Crippen LogP contribution in [0.1, 0.15) is 46.5 Å². The number of nitrogens with one attached hydrogen (secondary N) is 1. The fourth-order valence-electron chi connectivity index (χ4n) is 2.14. The summed E-state index contributed by atoms with van der Waals surface area (Å²) in [6.07, 6.45) is 5.01. The Balaban J connectivity index is 3.83. The van der Waals surface area contributed by atoms with Crippen LogP contribution >= 0.6 is 0 Å². The van der Waals surface area contributed by atoms with Gasteiger partial charge in [0.1, 0.15) is 0 Å². The second-order valence-electron chi connectivity index (χ2n) is 4.60. The fraction of sp³-hybridized carbons (Fsp3) is 1.00. The van der Waals surface area contributed by atoms with E-state index in [9.17, 15) is 0 Å². The second-order valence-corrected chi connectivity index (χ2v) is 4.60. The summed E-state index contributed by atoms with van der Waals surface area (Å²) < 4.78 is 5.19. The third-order valence-corrected chi connectivity index (χ3v) is 3.32. The maximum absolute atomic E-state index is 5.19. The monoisotopic (exact) mass is 244 g/mol. The van der Waals surface area contributed by atoms with Gasteiger partial charge in [0.05, 0.1) is 6.61 Å². The predicted molar refractivity (Wildman–Crippen MR) is 75.6 cm³/mol. The molecular weight excluding hydrogens is 212 g/mol. The Hall–Kier alpha value is -0.120. The van der Waals surface area contributed by atoms with E-state index in [1.54, 1.807) is 7.11 Å². The molecule has 0 spiro atoms. The van der Waals surface area contributed by atoms with Crippen molar-refractivity contribution in [3.8, 4) is 0 Å². The van der Waals surface area contributed by atoms with Crippen molar-refractivity contribution in [2.45, 2.75) is 52.5 Å². The van der Waals surface area contributed by atoms with Crippen LogP contribution in [0.25, 0.3) is 0 Å². The van der Waals surface area contributed by atoms with Gasteiger partial charge in [0.2, 0.25) is 0 Å². The van der Waals surface area contributed by atoms with E-state index in [1.807, 2.05) is 0 Å². The second kappa shape index (κ2) is 12.3. The molecule has 0 radical (unpaired) electrons. The Morgan fingerprint density at radius 1 is 1.06 bits per heavy atom. The minimum absolute atomic E-state index is 0.707.